The Morgan fingerprint density at radius 1 is 1.38 bits per heavy atom. The normalized spacial score (nSPS) is 20.1. The van der Waals surface area contributed by atoms with E-state index in [9.17, 15) is 15.0 Å². The maximum absolute atomic E-state index is 11.2. The summed E-state index contributed by atoms with van der Waals surface area (Å²) in [7, 11) is 0. The van der Waals surface area contributed by atoms with E-state index in [0.29, 0.717) is 17.0 Å². The van der Waals surface area contributed by atoms with Crippen LogP contribution in [0.2, 0.25) is 0 Å². The maximum Gasteiger partial charge on any atom is 0.307 e. The van der Waals surface area contributed by atoms with Gasteiger partial charge >= 0.3 is 4.87 Å². The average Bonchev–Trinajstić information content (AvgIpc) is 2.84. The number of hydrogen-bond donors (Lipinski definition) is 3. The molecule has 3 rings (SSSR count). The monoisotopic (exact) mass is 347 g/mol. The van der Waals surface area contributed by atoms with Crippen molar-refractivity contribution in [3.05, 3.63) is 43.4 Å². The van der Waals surface area contributed by atoms with Gasteiger partial charge in [0.25, 0.3) is 0 Å². The number of ether oxygens (including phenoxy) is 1. The van der Waals surface area contributed by atoms with Crippen LogP contribution < -0.4 is 9.61 Å². The number of hydrogen-bond acceptors (Lipinski definition) is 5. The van der Waals surface area contributed by atoms with Crippen LogP contribution >= 0.6 is 11.3 Å². The number of phenolic OH excluding ortho intramolecular Hbond substituents is 1. The summed E-state index contributed by atoms with van der Waals surface area (Å²) >= 11 is 0.978. The number of phenols is 1. The standard InChI is InChI=1S/C18H21NO4S/c1-10-11(2)15-12(9-13(10)20)6-8-18(3,23-15)7-4-5-14-16(21)19-17(22)24-14/h4-5,9,20-21H,6-8H2,1-3H3,(H,19,22). The second kappa shape index (κ2) is 6.02. The molecule has 0 bridgehead atoms. The molecule has 2 heterocycles. The van der Waals surface area contributed by atoms with Crippen LogP contribution in [0.15, 0.2) is 16.9 Å². The number of rotatable bonds is 3. The molecule has 1 aliphatic heterocycles. The Kier molecular flexibility index (Phi) is 4.17. The van der Waals surface area contributed by atoms with Gasteiger partial charge in [0.1, 0.15) is 17.1 Å². The molecular formula is C18H21NO4S. The Hall–Kier alpha value is -2.21. The third-order valence-electron chi connectivity index (χ3n) is 4.64. The first-order valence-electron chi connectivity index (χ1n) is 7.89. The molecule has 0 fully saturated rings. The summed E-state index contributed by atoms with van der Waals surface area (Å²) in [4.78, 5) is 13.8. The van der Waals surface area contributed by atoms with Crippen LogP contribution in [0.5, 0.6) is 17.4 Å². The van der Waals surface area contributed by atoms with E-state index in [2.05, 4.69) is 11.9 Å². The topological polar surface area (TPSA) is 82.5 Å². The predicted octanol–water partition coefficient (Wildman–Crippen LogP) is 3.65. The first kappa shape index (κ1) is 16.6. The fourth-order valence-electron chi connectivity index (χ4n) is 2.97. The lowest BCUT2D eigenvalue weighted by Crippen LogP contribution is -2.36. The van der Waals surface area contributed by atoms with E-state index in [1.165, 1.54) is 0 Å². The number of benzene rings is 1. The number of nitrogens with one attached hydrogen (secondary N) is 1. The van der Waals surface area contributed by atoms with Crippen molar-refractivity contribution >= 4 is 17.4 Å². The van der Waals surface area contributed by atoms with Crippen molar-refractivity contribution in [2.45, 2.75) is 45.6 Å². The fraction of sp³-hybridized carbons (Fsp3) is 0.389. The summed E-state index contributed by atoms with van der Waals surface area (Å²) in [6, 6.07) is 1.79. The van der Waals surface area contributed by atoms with Crippen LogP contribution in [0.3, 0.4) is 0 Å². The van der Waals surface area contributed by atoms with E-state index >= 15 is 0 Å². The molecular weight excluding hydrogens is 326 g/mol. The van der Waals surface area contributed by atoms with Gasteiger partial charge in [0.2, 0.25) is 5.88 Å². The number of aromatic nitrogens is 1. The minimum absolute atomic E-state index is 0.0942. The van der Waals surface area contributed by atoms with Gasteiger partial charge in [-0.05, 0) is 62.4 Å². The molecule has 128 valence electrons. The zero-order valence-corrected chi connectivity index (χ0v) is 14.8. The molecule has 0 radical (unpaired) electrons. The van der Waals surface area contributed by atoms with Crippen LogP contribution in [0, 0.1) is 13.8 Å². The molecule has 2 aromatic rings. The quantitative estimate of drug-likeness (QED) is 0.791. The summed E-state index contributed by atoms with van der Waals surface area (Å²) in [5.74, 6) is 1.08. The van der Waals surface area contributed by atoms with Gasteiger partial charge in [0.15, 0.2) is 0 Å². The van der Waals surface area contributed by atoms with E-state index in [-0.39, 0.29) is 16.4 Å². The molecule has 1 aliphatic rings. The van der Waals surface area contributed by atoms with Crippen molar-refractivity contribution in [1.82, 2.24) is 4.98 Å². The van der Waals surface area contributed by atoms with Crippen molar-refractivity contribution in [1.29, 1.82) is 0 Å². The Bertz CT molecular complexity index is 865. The van der Waals surface area contributed by atoms with E-state index in [4.69, 9.17) is 4.74 Å². The van der Waals surface area contributed by atoms with Crippen LogP contribution in [-0.2, 0) is 6.42 Å². The molecule has 1 unspecified atom stereocenters. The second-order valence-corrected chi connectivity index (χ2v) is 7.53. The zero-order chi connectivity index (χ0) is 17.5. The first-order valence-corrected chi connectivity index (χ1v) is 8.70. The zero-order valence-electron chi connectivity index (χ0n) is 14.0. The van der Waals surface area contributed by atoms with Crippen LogP contribution in [0.25, 0.3) is 6.08 Å². The molecule has 6 heteroatoms. The van der Waals surface area contributed by atoms with Crippen LogP contribution in [0.1, 0.15) is 41.3 Å². The van der Waals surface area contributed by atoms with Gasteiger partial charge in [-0.1, -0.05) is 17.4 Å². The SMILES string of the molecule is Cc1c(O)cc2c(c1C)OC(C)(CC=Cc1sc(=O)[nH]c1O)CC2. The van der Waals surface area contributed by atoms with Gasteiger partial charge in [-0.2, -0.15) is 0 Å². The Morgan fingerprint density at radius 3 is 2.79 bits per heavy atom. The largest absolute Gasteiger partial charge is 0.508 e. The van der Waals surface area contributed by atoms with Crippen molar-refractivity contribution in [3.63, 3.8) is 0 Å². The molecule has 0 spiro atoms. The van der Waals surface area contributed by atoms with Gasteiger partial charge in [0, 0.05) is 6.42 Å². The van der Waals surface area contributed by atoms with Gasteiger partial charge < -0.3 is 14.9 Å². The summed E-state index contributed by atoms with van der Waals surface area (Å²) in [6.07, 6.45) is 6.01. The molecule has 0 aliphatic carbocycles. The summed E-state index contributed by atoms with van der Waals surface area (Å²) in [5.41, 5.74) is 2.50. The van der Waals surface area contributed by atoms with E-state index in [1.807, 2.05) is 19.9 Å². The average molecular weight is 347 g/mol. The molecule has 3 N–H and O–H groups in total. The molecule has 1 atom stereocenters. The Morgan fingerprint density at radius 2 is 2.12 bits per heavy atom. The summed E-state index contributed by atoms with van der Waals surface area (Å²) in [6.45, 7) is 5.91. The highest BCUT2D eigenvalue weighted by Crippen LogP contribution is 2.41. The molecule has 0 saturated carbocycles. The fourth-order valence-corrected chi connectivity index (χ4v) is 3.63. The van der Waals surface area contributed by atoms with Gasteiger partial charge in [0.05, 0.1) is 4.88 Å². The molecule has 0 saturated heterocycles. The highest BCUT2D eigenvalue weighted by molar-refractivity contribution is 7.10. The van der Waals surface area contributed by atoms with E-state index in [0.717, 1.165) is 46.6 Å². The van der Waals surface area contributed by atoms with Gasteiger partial charge in [-0.25, -0.2) is 0 Å². The Labute approximate surface area is 144 Å². The molecule has 5 nitrogen and oxygen atoms in total. The minimum atomic E-state index is -0.353. The lowest BCUT2D eigenvalue weighted by Gasteiger charge is -2.36. The number of H-pyrrole nitrogens is 1. The predicted molar refractivity (Wildman–Crippen MR) is 95.2 cm³/mol. The van der Waals surface area contributed by atoms with E-state index in [1.54, 1.807) is 12.1 Å². The highest BCUT2D eigenvalue weighted by atomic mass is 32.1. The third kappa shape index (κ3) is 3.06. The summed E-state index contributed by atoms with van der Waals surface area (Å²) in [5, 5.41) is 19.6. The molecule has 0 amide bonds. The van der Waals surface area contributed by atoms with Crippen LogP contribution in [-0.4, -0.2) is 20.8 Å². The van der Waals surface area contributed by atoms with Crippen molar-refractivity contribution in [2.75, 3.05) is 0 Å². The number of fused-ring (bicyclic) bond motifs is 1. The van der Waals surface area contributed by atoms with Gasteiger partial charge in [-0.3, -0.25) is 9.78 Å². The number of aromatic hydroxyl groups is 2. The Balaban J connectivity index is 1.79. The van der Waals surface area contributed by atoms with Crippen molar-refractivity contribution in [3.8, 4) is 17.4 Å². The number of aryl methyl sites for hydroxylation is 1. The van der Waals surface area contributed by atoms with E-state index < -0.39 is 0 Å². The third-order valence-corrected chi connectivity index (χ3v) is 5.47. The minimum Gasteiger partial charge on any atom is -0.508 e. The molecule has 24 heavy (non-hydrogen) atoms. The van der Waals surface area contributed by atoms with Gasteiger partial charge in [-0.15, -0.1) is 0 Å². The second-order valence-electron chi connectivity index (χ2n) is 6.52. The molecule has 1 aromatic carbocycles. The number of aromatic amines is 1. The first-order chi connectivity index (χ1) is 11.3. The van der Waals surface area contributed by atoms with Crippen molar-refractivity contribution in [2.24, 2.45) is 0 Å². The van der Waals surface area contributed by atoms with Crippen molar-refractivity contribution < 1.29 is 14.9 Å². The number of thiazole rings is 1. The van der Waals surface area contributed by atoms with Crippen LogP contribution in [0.4, 0.5) is 0 Å². The molecule has 1 aromatic heterocycles. The summed E-state index contributed by atoms with van der Waals surface area (Å²) < 4.78 is 6.27. The maximum atomic E-state index is 11.2. The lowest BCUT2D eigenvalue weighted by atomic mass is 9.88. The lowest BCUT2D eigenvalue weighted by molar-refractivity contribution is 0.0671. The highest BCUT2D eigenvalue weighted by Gasteiger charge is 2.32. The smallest absolute Gasteiger partial charge is 0.307 e.